The fourth-order valence-corrected chi connectivity index (χ4v) is 1.60. The second kappa shape index (κ2) is 4.31. The van der Waals surface area contributed by atoms with Crippen LogP contribution in [0.5, 0.6) is 0 Å². The number of H-pyrrole nitrogens is 1. The highest BCUT2D eigenvalue weighted by atomic mass is 16.5. The average molecular weight is 205 g/mol. The highest BCUT2D eigenvalue weighted by Gasteiger charge is 2.02. The topological polar surface area (TPSA) is 49.9 Å². The minimum Gasteiger partial charge on any atom is -0.383 e. The van der Waals surface area contributed by atoms with Crippen LogP contribution in [-0.2, 0) is 4.74 Å². The first-order valence-corrected chi connectivity index (χ1v) is 4.98. The number of benzene rings is 1. The van der Waals surface area contributed by atoms with Gasteiger partial charge in [-0.2, -0.15) is 5.10 Å². The summed E-state index contributed by atoms with van der Waals surface area (Å²) in [4.78, 5) is 0. The Morgan fingerprint density at radius 3 is 3.20 bits per heavy atom. The SMILES string of the molecule is COCC(C)Nc1ccc2cn[nH]c2c1. The van der Waals surface area contributed by atoms with Gasteiger partial charge in [-0.15, -0.1) is 0 Å². The van der Waals surface area contributed by atoms with E-state index < -0.39 is 0 Å². The monoisotopic (exact) mass is 205 g/mol. The van der Waals surface area contributed by atoms with Crippen molar-refractivity contribution in [1.29, 1.82) is 0 Å². The number of fused-ring (bicyclic) bond motifs is 1. The van der Waals surface area contributed by atoms with Gasteiger partial charge in [0.25, 0.3) is 0 Å². The zero-order valence-corrected chi connectivity index (χ0v) is 8.95. The van der Waals surface area contributed by atoms with Gasteiger partial charge < -0.3 is 10.1 Å². The lowest BCUT2D eigenvalue weighted by Crippen LogP contribution is -2.20. The van der Waals surface area contributed by atoms with E-state index in [0.717, 1.165) is 16.6 Å². The Bertz CT molecular complexity index is 438. The maximum Gasteiger partial charge on any atom is 0.0670 e. The number of hydrogen-bond acceptors (Lipinski definition) is 3. The summed E-state index contributed by atoms with van der Waals surface area (Å²) in [5.74, 6) is 0. The Morgan fingerprint density at radius 1 is 1.53 bits per heavy atom. The first kappa shape index (κ1) is 9.98. The van der Waals surface area contributed by atoms with Gasteiger partial charge in [-0.05, 0) is 25.1 Å². The Labute approximate surface area is 88.6 Å². The zero-order chi connectivity index (χ0) is 10.7. The van der Waals surface area contributed by atoms with Gasteiger partial charge in [-0.1, -0.05) is 0 Å². The summed E-state index contributed by atoms with van der Waals surface area (Å²) in [7, 11) is 1.70. The number of nitrogens with zero attached hydrogens (tertiary/aromatic N) is 1. The fraction of sp³-hybridized carbons (Fsp3) is 0.364. The number of ether oxygens (including phenoxy) is 1. The molecule has 0 fully saturated rings. The third-order valence-electron chi connectivity index (χ3n) is 2.27. The molecule has 0 aliphatic carbocycles. The summed E-state index contributed by atoms with van der Waals surface area (Å²) < 4.78 is 5.07. The van der Waals surface area contributed by atoms with Crippen molar-refractivity contribution in [1.82, 2.24) is 10.2 Å². The van der Waals surface area contributed by atoms with Gasteiger partial charge in [-0.3, -0.25) is 5.10 Å². The second-order valence-electron chi connectivity index (χ2n) is 3.67. The molecular weight excluding hydrogens is 190 g/mol. The van der Waals surface area contributed by atoms with Gasteiger partial charge in [0, 0.05) is 24.2 Å². The lowest BCUT2D eigenvalue weighted by Gasteiger charge is -2.13. The van der Waals surface area contributed by atoms with Crippen molar-refractivity contribution in [2.75, 3.05) is 19.0 Å². The maximum absolute atomic E-state index is 5.07. The summed E-state index contributed by atoms with van der Waals surface area (Å²) >= 11 is 0. The summed E-state index contributed by atoms with van der Waals surface area (Å²) in [5, 5.41) is 11.4. The number of aromatic amines is 1. The molecule has 0 aliphatic rings. The van der Waals surface area contributed by atoms with E-state index in [1.807, 2.05) is 18.3 Å². The Hall–Kier alpha value is -1.55. The molecule has 1 atom stereocenters. The fourth-order valence-electron chi connectivity index (χ4n) is 1.60. The van der Waals surface area contributed by atoms with Gasteiger partial charge in [-0.25, -0.2) is 0 Å². The minimum absolute atomic E-state index is 0.301. The Balaban J connectivity index is 2.14. The molecule has 0 saturated heterocycles. The molecule has 0 spiro atoms. The van der Waals surface area contributed by atoms with Crippen molar-refractivity contribution in [3.8, 4) is 0 Å². The van der Waals surface area contributed by atoms with Crippen molar-refractivity contribution in [2.24, 2.45) is 0 Å². The van der Waals surface area contributed by atoms with Crippen LogP contribution in [-0.4, -0.2) is 30.0 Å². The molecular formula is C11H15N3O. The molecule has 4 nitrogen and oxygen atoms in total. The van der Waals surface area contributed by atoms with Gasteiger partial charge >= 0.3 is 0 Å². The normalized spacial score (nSPS) is 12.9. The lowest BCUT2D eigenvalue weighted by atomic mass is 10.2. The number of aromatic nitrogens is 2. The lowest BCUT2D eigenvalue weighted by molar-refractivity contribution is 0.190. The van der Waals surface area contributed by atoms with Gasteiger partial charge in [0.05, 0.1) is 18.3 Å². The molecule has 2 aromatic rings. The average Bonchev–Trinajstić information content (AvgIpc) is 2.65. The van der Waals surface area contributed by atoms with E-state index in [9.17, 15) is 0 Å². The molecule has 0 aliphatic heterocycles. The van der Waals surface area contributed by atoms with E-state index >= 15 is 0 Å². The number of nitrogens with one attached hydrogen (secondary N) is 2. The van der Waals surface area contributed by atoms with E-state index in [0.29, 0.717) is 12.6 Å². The molecule has 0 amide bonds. The van der Waals surface area contributed by atoms with E-state index in [-0.39, 0.29) is 0 Å². The van der Waals surface area contributed by atoms with Crippen LogP contribution in [0, 0.1) is 0 Å². The Morgan fingerprint density at radius 2 is 2.40 bits per heavy atom. The van der Waals surface area contributed by atoms with E-state index in [1.54, 1.807) is 7.11 Å². The highest BCUT2D eigenvalue weighted by Crippen LogP contribution is 2.17. The van der Waals surface area contributed by atoms with Crippen LogP contribution in [0.15, 0.2) is 24.4 Å². The second-order valence-corrected chi connectivity index (χ2v) is 3.67. The number of methoxy groups -OCH3 is 1. The van der Waals surface area contributed by atoms with Crippen LogP contribution in [0.25, 0.3) is 10.9 Å². The summed E-state index contributed by atoms with van der Waals surface area (Å²) in [6.07, 6.45) is 1.82. The van der Waals surface area contributed by atoms with Gasteiger partial charge in [0.15, 0.2) is 0 Å². The van der Waals surface area contributed by atoms with E-state index in [1.165, 1.54) is 0 Å². The molecule has 1 aromatic heterocycles. The zero-order valence-electron chi connectivity index (χ0n) is 8.95. The summed E-state index contributed by atoms with van der Waals surface area (Å²) in [6, 6.07) is 6.44. The van der Waals surface area contributed by atoms with Gasteiger partial charge in [0.2, 0.25) is 0 Å². The number of rotatable bonds is 4. The first-order valence-electron chi connectivity index (χ1n) is 4.98. The molecule has 1 unspecified atom stereocenters. The minimum atomic E-state index is 0.301. The third kappa shape index (κ3) is 2.27. The molecule has 4 heteroatoms. The van der Waals surface area contributed by atoms with Crippen molar-refractivity contribution in [3.63, 3.8) is 0 Å². The third-order valence-corrected chi connectivity index (χ3v) is 2.27. The number of hydrogen-bond donors (Lipinski definition) is 2. The molecule has 1 heterocycles. The molecule has 1 aromatic carbocycles. The molecule has 80 valence electrons. The van der Waals surface area contributed by atoms with Crippen molar-refractivity contribution in [3.05, 3.63) is 24.4 Å². The smallest absolute Gasteiger partial charge is 0.0670 e. The predicted octanol–water partition coefficient (Wildman–Crippen LogP) is 2.01. The van der Waals surface area contributed by atoms with Crippen LogP contribution >= 0.6 is 0 Å². The molecule has 15 heavy (non-hydrogen) atoms. The van der Waals surface area contributed by atoms with Crippen LogP contribution in [0.1, 0.15) is 6.92 Å². The Kier molecular flexibility index (Phi) is 2.87. The highest BCUT2D eigenvalue weighted by molar-refractivity contribution is 5.81. The number of anilines is 1. The van der Waals surface area contributed by atoms with E-state index in [2.05, 4.69) is 28.5 Å². The van der Waals surface area contributed by atoms with Gasteiger partial charge in [0.1, 0.15) is 0 Å². The first-order chi connectivity index (χ1) is 7.29. The van der Waals surface area contributed by atoms with Crippen molar-refractivity contribution in [2.45, 2.75) is 13.0 Å². The van der Waals surface area contributed by atoms with Crippen LogP contribution in [0.2, 0.25) is 0 Å². The van der Waals surface area contributed by atoms with Crippen molar-refractivity contribution < 1.29 is 4.74 Å². The van der Waals surface area contributed by atoms with Crippen LogP contribution < -0.4 is 5.32 Å². The van der Waals surface area contributed by atoms with E-state index in [4.69, 9.17) is 4.74 Å². The van der Waals surface area contributed by atoms with Crippen LogP contribution in [0.4, 0.5) is 5.69 Å². The van der Waals surface area contributed by atoms with Crippen LogP contribution in [0.3, 0.4) is 0 Å². The summed E-state index contributed by atoms with van der Waals surface area (Å²) in [5.41, 5.74) is 2.13. The molecule has 2 N–H and O–H groups in total. The molecule has 2 rings (SSSR count). The largest absolute Gasteiger partial charge is 0.383 e. The molecule has 0 saturated carbocycles. The predicted molar refractivity (Wildman–Crippen MR) is 61.1 cm³/mol. The van der Waals surface area contributed by atoms with Crippen molar-refractivity contribution >= 4 is 16.6 Å². The molecule has 0 radical (unpaired) electrons. The molecule has 0 bridgehead atoms. The quantitative estimate of drug-likeness (QED) is 0.802. The standard InChI is InChI=1S/C11H15N3O/c1-8(7-15-2)13-10-4-3-9-6-12-14-11(9)5-10/h3-6,8,13H,7H2,1-2H3,(H,12,14). The maximum atomic E-state index is 5.07. The summed E-state index contributed by atoms with van der Waals surface area (Å²) in [6.45, 7) is 2.78.